The Morgan fingerprint density at radius 3 is 2.30 bits per heavy atom. The van der Waals surface area contributed by atoms with Gasteiger partial charge in [-0.15, -0.1) is 11.3 Å². The number of rotatable bonds is 8. The van der Waals surface area contributed by atoms with Gasteiger partial charge in [-0.05, 0) is 41.1 Å². The van der Waals surface area contributed by atoms with Gasteiger partial charge in [0.25, 0.3) is 0 Å². The number of hydrogen-bond acceptors (Lipinski definition) is 4. The summed E-state index contributed by atoms with van der Waals surface area (Å²) in [6, 6.07) is 19.7. The Labute approximate surface area is 163 Å². The Hall–Kier alpha value is -2.79. The van der Waals surface area contributed by atoms with Crippen LogP contribution in [0.4, 0.5) is 0 Å². The van der Waals surface area contributed by atoms with Crippen molar-refractivity contribution in [1.29, 1.82) is 0 Å². The van der Waals surface area contributed by atoms with Crippen LogP contribution in [-0.4, -0.2) is 20.1 Å². The molecule has 0 radical (unpaired) electrons. The van der Waals surface area contributed by atoms with Crippen molar-refractivity contribution in [3.8, 4) is 11.5 Å². The molecule has 27 heavy (non-hydrogen) atoms. The van der Waals surface area contributed by atoms with E-state index in [1.165, 1.54) is 0 Å². The number of hydrogen-bond donors (Lipinski definition) is 1. The lowest BCUT2D eigenvalue weighted by molar-refractivity contribution is -0.121. The molecule has 1 unspecified atom stereocenters. The van der Waals surface area contributed by atoms with Crippen LogP contribution in [0.3, 0.4) is 0 Å². The lowest BCUT2D eigenvalue weighted by Gasteiger charge is -2.18. The summed E-state index contributed by atoms with van der Waals surface area (Å²) in [5.41, 5.74) is 2.09. The maximum Gasteiger partial charge on any atom is 0.221 e. The van der Waals surface area contributed by atoms with Crippen molar-refractivity contribution in [3.63, 3.8) is 0 Å². The van der Waals surface area contributed by atoms with Crippen molar-refractivity contribution >= 4 is 17.2 Å². The highest BCUT2D eigenvalue weighted by Gasteiger charge is 2.17. The molecule has 0 saturated carbocycles. The number of ether oxygens (including phenoxy) is 2. The van der Waals surface area contributed by atoms with Crippen LogP contribution in [-0.2, 0) is 11.2 Å². The lowest BCUT2D eigenvalue weighted by atomic mass is 10.0. The summed E-state index contributed by atoms with van der Waals surface area (Å²) in [5, 5.41) is 5.20. The molecule has 0 fully saturated rings. The van der Waals surface area contributed by atoms with Gasteiger partial charge in [-0.3, -0.25) is 4.79 Å². The minimum absolute atomic E-state index is 0.0130. The van der Waals surface area contributed by atoms with Crippen LogP contribution in [0.1, 0.15) is 28.5 Å². The second-order valence-corrected chi connectivity index (χ2v) is 7.13. The zero-order valence-corrected chi connectivity index (χ0v) is 16.3. The smallest absolute Gasteiger partial charge is 0.221 e. The number of carbonyl (C=O) groups excluding carboxylic acids is 1. The quantitative estimate of drug-likeness (QED) is 0.620. The molecular weight excluding hydrogens is 358 g/mol. The van der Waals surface area contributed by atoms with E-state index >= 15 is 0 Å². The first-order chi connectivity index (χ1) is 13.2. The highest BCUT2D eigenvalue weighted by atomic mass is 32.1. The van der Waals surface area contributed by atoms with Crippen LogP contribution >= 0.6 is 11.3 Å². The molecule has 1 atom stereocenters. The molecule has 1 aromatic heterocycles. The van der Waals surface area contributed by atoms with Gasteiger partial charge in [0.1, 0.15) is 11.5 Å². The number of nitrogens with one attached hydrogen (secondary N) is 1. The molecule has 1 heterocycles. The van der Waals surface area contributed by atoms with E-state index in [0.717, 1.165) is 27.5 Å². The fourth-order valence-electron chi connectivity index (χ4n) is 2.92. The van der Waals surface area contributed by atoms with E-state index in [9.17, 15) is 4.79 Å². The zero-order chi connectivity index (χ0) is 19.1. The summed E-state index contributed by atoms with van der Waals surface area (Å²) >= 11 is 1.64. The van der Waals surface area contributed by atoms with Crippen molar-refractivity contribution < 1.29 is 14.3 Å². The van der Waals surface area contributed by atoms with E-state index in [0.29, 0.717) is 12.8 Å². The standard InChI is InChI=1S/C22H23NO3S/c1-25-18-13-16(14-19(15-18)26-2)10-11-21(24)23-22(20-9-6-12-27-20)17-7-4-3-5-8-17/h3-9,12-15,22H,10-11H2,1-2H3,(H,23,24). The average Bonchev–Trinajstić information content (AvgIpc) is 3.25. The predicted molar refractivity (Wildman–Crippen MR) is 109 cm³/mol. The van der Waals surface area contributed by atoms with Crippen LogP contribution in [0.15, 0.2) is 66.0 Å². The van der Waals surface area contributed by atoms with Gasteiger partial charge in [0.2, 0.25) is 5.91 Å². The van der Waals surface area contributed by atoms with E-state index in [-0.39, 0.29) is 11.9 Å². The van der Waals surface area contributed by atoms with Gasteiger partial charge in [0.15, 0.2) is 0 Å². The second kappa shape index (κ2) is 9.24. The van der Waals surface area contributed by atoms with Crippen molar-refractivity contribution in [3.05, 3.63) is 82.0 Å². The molecular formula is C22H23NO3S. The van der Waals surface area contributed by atoms with Gasteiger partial charge >= 0.3 is 0 Å². The fourth-order valence-corrected chi connectivity index (χ4v) is 3.72. The summed E-state index contributed by atoms with van der Waals surface area (Å²) in [6.45, 7) is 0. The zero-order valence-electron chi connectivity index (χ0n) is 15.5. The molecule has 0 spiro atoms. The third kappa shape index (κ3) is 5.11. The Balaban J connectivity index is 1.68. The van der Waals surface area contributed by atoms with E-state index in [4.69, 9.17) is 9.47 Å². The minimum atomic E-state index is -0.126. The van der Waals surface area contributed by atoms with Crippen LogP contribution in [0.5, 0.6) is 11.5 Å². The van der Waals surface area contributed by atoms with Crippen LogP contribution in [0.2, 0.25) is 0 Å². The van der Waals surface area contributed by atoms with E-state index in [1.54, 1.807) is 25.6 Å². The van der Waals surface area contributed by atoms with E-state index in [1.807, 2.05) is 60.0 Å². The molecule has 1 amide bonds. The topological polar surface area (TPSA) is 47.6 Å². The predicted octanol–water partition coefficient (Wildman–Crippen LogP) is 4.60. The van der Waals surface area contributed by atoms with Gasteiger partial charge in [-0.1, -0.05) is 36.4 Å². The monoisotopic (exact) mass is 381 g/mol. The SMILES string of the molecule is COc1cc(CCC(=O)NC(c2ccccc2)c2cccs2)cc(OC)c1. The summed E-state index contributed by atoms with van der Waals surface area (Å²) in [7, 11) is 3.24. The third-order valence-corrected chi connectivity index (χ3v) is 5.26. The van der Waals surface area contributed by atoms with Gasteiger partial charge in [0, 0.05) is 17.4 Å². The first-order valence-electron chi connectivity index (χ1n) is 8.79. The molecule has 0 aliphatic heterocycles. The summed E-state index contributed by atoms with van der Waals surface area (Å²) < 4.78 is 10.6. The maximum absolute atomic E-state index is 12.6. The molecule has 0 aliphatic rings. The Morgan fingerprint density at radius 2 is 1.70 bits per heavy atom. The Bertz CT molecular complexity index is 840. The van der Waals surface area contributed by atoms with Crippen molar-refractivity contribution in [2.24, 2.45) is 0 Å². The number of benzene rings is 2. The number of aryl methyl sites for hydroxylation is 1. The largest absolute Gasteiger partial charge is 0.497 e. The Morgan fingerprint density at radius 1 is 1.00 bits per heavy atom. The van der Waals surface area contributed by atoms with Gasteiger partial charge in [-0.2, -0.15) is 0 Å². The van der Waals surface area contributed by atoms with Crippen molar-refractivity contribution in [2.75, 3.05) is 14.2 Å². The fraction of sp³-hybridized carbons (Fsp3) is 0.227. The summed E-state index contributed by atoms with van der Waals surface area (Å²) in [5.74, 6) is 1.47. The second-order valence-electron chi connectivity index (χ2n) is 6.15. The molecule has 3 rings (SSSR count). The average molecular weight is 381 g/mol. The molecule has 0 saturated heterocycles. The molecule has 0 aliphatic carbocycles. The van der Waals surface area contributed by atoms with Crippen LogP contribution in [0, 0.1) is 0 Å². The molecule has 140 valence electrons. The third-order valence-electron chi connectivity index (χ3n) is 4.32. The van der Waals surface area contributed by atoms with Gasteiger partial charge in [-0.25, -0.2) is 0 Å². The first-order valence-corrected chi connectivity index (χ1v) is 9.67. The van der Waals surface area contributed by atoms with Gasteiger partial charge < -0.3 is 14.8 Å². The van der Waals surface area contributed by atoms with Crippen LogP contribution < -0.4 is 14.8 Å². The Kier molecular flexibility index (Phi) is 6.49. The molecule has 2 aromatic carbocycles. The minimum Gasteiger partial charge on any atom is -0.497 e. The number of carbonyl (C=O) groups is 1. The number of amides is 1. The highest BCUT2D eigenvalue weighted by Crippen LogP contribution is 2.27. The molecule has 3 aromatic rings. The molecule has 4 nitrogen and oxygen atoms in total. The van der Waals surface area contributed by atoms with Crippen molar-refractivity contribution in [2.45, 2.75) is 18.9 Å². The summed E-state index contributed by atoms with van der Waals surface area (Å²) in [4.78, 5) is 13.8. The first kappa shape index (κ1) is 19.0. The number of thiophene rings is 1. The molecule has 5 heteroatoms. The van der Waals surface area contributed by atoms with Gasteiger partial charge in [0.05, 0.1) is 20.3 Å². The van der Waals surface area contributed by atoms with E-state index < -0.39 is 0 Å². The maximum atomic E-state index is 12.6. The highest BCUT2D eigenvalue weighted by molar-refractivity contribution is 7.10. The number of methoxy groups -OCH3 is 2. The normalized spacial score (nSPS) is 11.6. The van der Waals surface area contributed by atoms with E-state index in [2.05, 4.69) is 11.4 Å². The van der Waals surface area contributed by atoms with Crippen molar-refractivity contribution in [1.82, 2.24) is 5.32 Å². The summed E-state index contributed by atoms with van der Waals surface area (Å²) in [6.07, 6.45) is 1.01. The lowest BCUT2D eigenvalue weighted by Crippen LogP contribution is -2.29. The molecule has 1 N–H and O–H groups in total. The molecule has 0 bridgehead atoms. The van der Waals surface area contributed by atoms with Crippen LogP contribution in [0.25, 0.3) is 0 Å².